The van der Waals surface area contributed by atoms with Gasteiger partial charge in [0.1, 0.15) is 12.1 Å². The molecule has 3 rings (SSSR count). The average Bonchev–Trinajstić information content (AvgIpc) is 2.96. The first kappa shape index (κ1) is 16.4. The molecule has 9 heteroatoms. The van der Waals surface area contributed by atoms with Crippen LogP contribution in [0.4, 0.5) is 10.3 Å². The molecule has 124 valence electrons. The van der Waals surface area contributed by atoms with Crippen LogP contribution in [0.3, 0.4) is 0 Å². The van der Waals surface area contributed by atoms with E-state index in [0.717, 1.165) is 17.7 Å². The highest BCUT2D eigenvalue weighted by molar-refractivity contribution is 7.92. The topological polar surface area (TPSA) is 76.9 Å². The molecule has 0 saturated carbocycles. The third-order valence-electron chi connectivity index (χ3n) is 3.18. The largest absolute Gasteiger partial charge is 0.264 e. The average molecular weight is 367 g/mol. The maximum absolute atomic E-state index is 12.9. The van der Waals surface area contributed by atoms with E-state index in [9.17, 15) is 12.8 Å². The third-order valence-corrected chi connectivity index (χ3v) is 4.89. The van der Waals surface area contributed by atoms with Gasteiger partial charge in [-0.3, -0.25) is 0 Å². The second kappa shape index (κ2) is 6.58. The van der Waals surface area contributed by atoms with Crippen LogP contribution in [0.15, 0.2) is 59.8 Å². The molecule has 2 aromatic carbocycles. The molecule has 0 aliphatic carbocycles. The molecule has 24 heavy (non-hydrogen) atoms. The first-order valence-corrected chi connectivity index (χ1v) is 8.71. The third kappa shape index (κ3) is 3.72. The molecule has 0 bridgehead atoms. The maximum atomic E-state index is 12.9. The lowest BCUT2D eigenvalue weighted by molar-refractivity contribution is 0.599. The van der Waals surface area contributed by atoms with E-state index in [4.69, 9.17) is 11.6 Å². The van der Waals surface area contributed by atoms with Crippen LogP contribution in [-0.2, 0) is 16.6 Å². The summed E-state index contributed by atoms with van der Waals surface area (Å²) in [7, 11) is -3.88. The molecule has 0 spiro atoms. The maximum Gasteiger partial charge on any atom is 0.264 e. The quantitative estimate of drug-likeness (QED) is 0.753. The predicted octanol–water partition coefficient (Wildman–Crippen LogP) is 2.92. The molecule has 0 aliphatic heterocycles. The van der Waals surface area contributed by atoms with E-state index in [1.165, 1.54) is 23.1 Å². The number of hydrogen-bond donors (Lipinski definition) is 1. The smallest absolute Gasteiger partial charge is 0.246 e. The molecule has 1 N–H and O–H groups in total. The predicted molar refractivity (Wildman–Crippen MR) is 87.8 cm³/mol. The zero-order chi connectivity index (χ0) is 17.2. The molecule has 0 aliphatic rings. The number of benzene rings is 2. The number of sulfonamides is 1. The van der Waals surface area contributed by atoms with E-state index in [1.807, 2.05) is 18.2 Å². The first-order valence-electron chi connectivity index (χ1n) is 6.85. The Bertz CT molecular complexity index is 958. The Kier molecular flexibility index (Phi) is 4.50. The van der Waals surface area contributed by atoms with Gasteiger partial charge in [0.15, 0.2) is 0 Å². The Morgan fingerprint density at radius 1 is 1.12 bits per heavy atom. The van der Waals surface area contributed by atoms with Crippen LogP contribution in [0.2, 0.25) is 5.02 Å². The van der Waals surface area contributed by atoms with E-state index in [0.29, 0.717) is 11.6 Å². The monoisotopic (exact) mass is 366 g/mol. The summed E-state index contributed by atoms with van der Waals surface area (Å²) in [5.74, 6) is -0.595. The normalized spacial score (nSPS) is 11.4. The van der Waals surface area contributed by atoms with Gasteiger partial charge in [0.2, 0.25) is 0 Å². The fourth-order valence-corrected chi connectivity index (χ4v) is 3.15. The van der Waals surface area contributed by atoms with Crippen LogP contribution in [0.5, 0.6) is 0 Å². The second-order valence-electron chi connectivity index (χ2n) is 4.92. The van der Waals surface area contributed by atoms with Crippen molar-refractivity contribution in [2.75, 3.05) is 4.72 Å². The van der Waals surface area contributed by atoms with Crippen LogP contribution in [0.25, 0.3) is 0 Å². The summed E-state index contributed by atoms with van der Waals surface area (Å²) in [5.41, 5.74) is 0.831. The van der Waals surface area contributed by atoms with E-state index in [1.54, 1.807) is 6.07 Å². The highest BCUT2D eigenvalue weighted by Crippen LogP contribution is 2.17. The van der Waals surface area contributed by atoms with Crippen molar-refractivity contribution >= 4 is 27.6 Å². The molecule has 1 aromatic heterocycles. The van der Waals surface area contributed by atoms with Crippen molar-refractivity contribution < 1.29 is 12.8 Å². The van der Waals surface area contributed by atoms with Crippen LogP contribution >= 0.6 is 11.6 Å². The van der Waals surface area contributed by atoms with Gasteiger partial charge in [0, 0.05) is 5.02 Å². The van der Waals surface area contributed by atoms with Crippen molar-refractivity contribution in [2.45, 2.75) is 11.4 Å². The van der Waals surface area contributed by atoms with Gasteiger partial charge in [0.25, 0.3) is 16.0 Å². The van der Waals surface area contributed by atoms with Crippen LogP contribution in [-0.4, -0.2) is 23.2 Å². The van der Waals surface area contributed by atoms with Gasteiger partial charge in [0.05, 0.1) is 11.4 Å². The summed E-state index contributed by atoms with van der Waals surface area (Å²) < 4.78 is 41.0. The summed E-state index contributed by atoms with van der Waals surface area (Å²) in [5, 5.41) is 4.64. The molecular formula is C15H12ClFN4O2S. The van der Waals surface area contributed by atoms with Crippen molar-refractivity contribution in [2.24, 2.45) is 0 Å². The number of aromatic nitrogens is 3. The number of halogens is 2. The summed E-state index contributed by atoms with van der Waals surface area (Å²) in [4.78, 5) is 3.84. The van der Waals surface area contributed by atoms with E-state index in [-0.39, 0.29) is 10.8 Å². The van der Waals surface area contributed by atoms with Crippen LogP contribution < -0.4 is 4.72 Å². The minimum absolute atomic E-state index is 0.0774. The number of rotatable bonds is 5. The number of anilines is 1. The van der Waals surface area contributed by atoms with Gasteiger partial charge in [-0.05, 0) is 35.9 Å². The molecule has 3 aromatic rings. The Hall–Kier alpha value is -2.45. The molecule has 0 radical (unpaired) electrons. The number of nitrogens with zero attached hydrogens (tertiary/aromatic N) is 3. The lowest BCUT2D eigenvalue weighted by Gasteiger charge is -2.05. The fraction of sp³-hybridized carbons (Fsp3) is 0.0667. The first-order chi connectivity index (χ1) is 11.4. The molecular weight excluding hydrogens is 355 g/mol. The van der Waals surface area contributed by atoms with Crippen molar-refractivity contribution in [1.29, 1.82) is 0 Å². The van der Waals surface area contributed by atoms with Crippen molar-refractivity contribution in [3.8, 4) is 0 Å². The van der Waals surface area contributed by atoms with E-state index < -0.39 is 15.8 Å². The van der Waals surface area contributed by atoms with Gasteiger partial charge in [-0.25, -0.2) is 22.2 Å². The molecule has 1 heterocycles. The molecule has 0 amide bonds. The van der Waals surface area contributed by atoms with Crippen molar-refractivity contribution in [3.63, 3.8) is 0 Å². The molecule has 0 fully saturated rings. The lowest BCUT2D eigenvalue weighted by atomic mass is 10.2. The minimum atomic E-state index is -3.88. The number of nitrogens with one attached hydrogen (secondary N) is 1. The Morgan fingerprint density at radius 3 is 2.54 bits per heavy atom. The Balaban J connectivity index is 1.76. The number of hydrogen-bond acceptors (Lipinski definition) is 4. The van der Waals surface area contributed by atoms with Crippen LogP contribution in [0.1, 0.15) is 5.56 Å². The van der Waals surface area contributed by atoms with Crippen LogP contribution in [0, 0.1) is 5.82 Å². The molecule has 0 unspecified atom stereocenters. The highest BCUT2D eigenvalue weighted by Gasteiger charge is 2.16. The van der Waals surface area contributed by atoms with Gasteiger partial charge < -0.3 is 0 Å². The van der Waals surface area contributed by atoms with Crippen molar-refractivity contribution in [3.05, 3.63) is 71.3 Å². The summed E-state index contributed by atoms with van der Waals surface area (Å²) >= 11 is 6.08. The van der Waals surface area contributed by atoms with Gasteiger partial charge in [-0.1, -0.05) is 29.8 Å². The van der Waals surface area contributed by atoms with Gasteiger partial charge >= 0.3 is 0 Å². The molecule has 0 saturated heterocycles. The van der Waals surface area contributed by atoms with E-state index in [2.05, 4.69) is 14.8 Å². The fourth-order valence-electron chi connectivity index (χ4n) is 2.01. The van der Waals surface area contributed by atoms with E-state index >= 15 is 0 Å². The Labute approximate surface area is 143 Å². The summed E-state index contributed by atoms with van der Waals surface area (Å²) in [6, 6.07) is 11.7. The lowest BCUT2D eigenvalue weighted by Crippen LogP contribution is -2.14. The highest BCUT2D eigenvalue weighted by atomic mass is 35.5. The van der Waals surface area contributed by atoms with Crippen molar-refractivity contribution in [1.82, 2.24) is 14.8 Å². The van der Waals surface area contributed by atoms with Gasteiger partial charge in [-0.15, -0.1) is 5.10 Å². The molecule has 6 nitrogen and oxygen atoms in total. The summed E-state index contributed by atoms with van der Waals surface area (Å²) in [6.07, 6.45) is 1.39. The standard InChI is InChI=1S/C15H12ClFN4O2S/c16-14-4-2-1-3-11(14)9-21-10-18-15(19-21)20-24(22,23)13-7-5-12(17)6-8-13/h1-8,10H,9H2,(H,19,20). The minimum Gasteiger partial charge on any atom is -0.246 e. The zero-order valence-corrected chi connectivity index (χ0v) is 13.8. The summed E-state index contributed by atoms with van der Waals surface area (Å²) in [6.45, 7) is 0.352. The molecule has 0 atom stereocenters. The zero-order valence-electron chi connectivity index (χ0n) is 12.2. The SMILES string of the molecule is O=S(=O)(Nc1ncn(Cc2ccccc2Cl)n1)c1ccc(F)cc1. The Morgan fingerprint density at radius 2 is 1.83 bits per heavy atom. The second-order valence-corrected chi connectivity index (χ2v) is 7.01. The van der Waals surface area contributed by atoms with Gasteiger partial charge in [-0.2, -0.15) is 4.98 Å².